The van der Waals surface area contributed by atoms with Crippen LogP contribution in [0.5, 0.6) is 0 Å². The molecule has 1 aromatic heterocycles. The summed E-state index contributed by atoms with van der Waals surface area (Å²) in [6, 6.07) is 3.68. The van der Waals surface area contributed by atoms with E-state index in [-0.39, 0.29) is 5.41 Å². The van der Waals surface area contributed by atoms with E-state index in [9.17, 15) is 4.39 Å². The Morgan fingerprint density at radius 1 is 1.07 bits per heavy atom. The molecule has 0 fully saturated rings. The molecule has 15 heavy (non-hydrogen) atoms. The Morgan fingerprint density at radius 2 is 1.60 bits per heavy atom. The Kier molecular flexibility index (Phi) is 2.90. The van der Waals surface area contributed by atoms with Crippen LogP contribution in [0.1, 0.15) is 51.6 Å². The first kappa shape index (κ1) is 12.2. The predicted octanol–water partition coefficient (Wildman–Crippen LogP) is 3.89. The fraction of sp³-hybridized carbons (Fsp3) is 0.615. The number of nitrogens with zero attached hydrogens (tertiary/aromatic N) is 1. The minimum absolute atomic E-state index is 0.0357. The lowest BCUT2D eigenvalue weighted by atomic mass is 9.88. The van der Waals surface area contributed by atoms with Crippen LogP contribution in [0.3, 0.4) is 0 Å². The van der Waals surface area contributed by atoms with Gasteiger partial charge in [-0.15, -0.1) is 0 Å². The highest BCUT2D eigenvalue weighted by Gasteiger charge is 2.23. The molecule has 1 aromatic rings. The summed E-state index contributed by atoms with van der Waals surface area (Å²) in [6.45, 7) is 11.3. The minimum Gasteiger partial charge on any atom is -0.258 e. The van der Waals surface area contributed by atoms with E-state index in [0.29, 0.717) is 5.56 Å². The first-order valence-electron chi connectivity index (χ1n) is 5.29. The summed E-state index contributed by atoms with van der Waals surface area (Å²) in [5.41, 5.74) is 1.20. The number of halogens is 1. The molecule has 0 atom stereocenters. The second-order valence-corrected chi connectivity index (χ2v) is 5.60. The quantitative estimate of drug-likeness (QED) is 0.683. The molecule has 0 aliphatic heterocycles. The van der Waals surface area contributed by atoms with Crippen LogP contribution in [0, 0.1) is 6.92 Å². The standard InChI is InChI=1S/C13H20FN/c1-9-7-10(13(5,6)14)8-11(15-9)12(2,3)4/h7-8H,1-6H3. The summed E-state index contributed by atoms with van der Waals surface area (Å²) in [5.74, 6) is 0. The maximum absolute atomic E-state index is 13.8. The third-order valence-electron chi connectivity index (χ3n) is 2.41. The van der Waals surface area contributed by atoms with E-state index in [1.165, 1.54) is 0 Å². The molecule has 1 nitrogen and oxygen atoms in total. The van der Waals surface area contributed by atoms with Gasteiger partial charge in [-0.1, -0.05) is 20.8 Å². The molecule has 0 saturated heterocycles. The van der Waals surface area contributed by atoms with Crippen LogP contribution >= 0.6 is 0 Å². The topological polar surface area (TPSA) is 12.9 Å². The number of hydrogen-bond donors (Lipinski definition) is 0. The van der Waals surface area contributed by atoms with Crippen molar-refractivity contribution in [3.05, 3.63) is 29.1 Å². The van der Waals surface area contributed by atoms with Gasteiger partial charge in [0.1, 0.15) is 5.67 Å². The molecule has 0 unspecified atom stereocenters. The fourth-order valence-electron chi connectivity index (χ4n) is 1.40. The molecule has 0 spiro atoms. The Hall–Kier alpha value is -0.920. The fourth-order valence-corrected chi connectivity index (χ4v) is 1.40. The van der Waals surface area contributed by atoms with Gasteiger partial charge in [-0.25, -0.2) is 4.39 Å². The van der Waals surface area contributed by atoms with Gasteiger partial charge in [0.15, 0.2) is 0 Å². The van der Waals surface area contributed by atoms with Crippen molar-refractivity contribution in [2.75, 3.05) is 0 Å². The van der Waals surface area contributed by atoms with E-state index < -0.39 is 5.67 Å². The SMILES string of the molecule is Cc1cc(C(C)(C)F)cc(C(C)(C)C)n1. The average molecular weight is 209 g/mol. The lowest BCUT2D eigenvalue weighted by Crippen LogP contribution is -2.17. The minimum atomic E-state index is -1.30. The summed E-state index contributed by atoms with van der Waals surface area (Å²) >= 11 is 0. The van der Waals surface area contributed by atoms with Gasteiger partial charge < -0.3 is 0 Å². The van der Waals surface area contributed by atoms with Gasteiger partial charge >= 0.3 is 0 Å². The number of aromatic nitrogens is 1. The average Bonchev–Trinajstić information content (AvgIpc) is 1.99. The van der Waals surface area contributed by atoms with Crippen molar-refractivity contribution >= 4 is 0 Å². The Morgan fingerprint density at radius 3 is 2.00 bits per heavy atom. The molecule has 0 N–H and O–H groups in total. The zero-order valence-corrected chi connectivity index (χ0v) is 10.5. The molecular weight excluding hydrogens is 189 g/mol. The molecular formula is C13H20FN. The highest BCUT2D eigenvalue weighted by atomic mass is 19.1. The first-order chi connectivity index (χ1) is 6.60. The third-order valence-corrected chi connectivity index (χ3v) is 2.41. The number of pyridine rings is 1. The molecule has 1 heterocycles. The van der Waals surface area contributed by atoms with Gasteiger partial charge in [-0.3, -0.25) is 4.98 Å². The number of aryl methyl sites for hydroxylation is 1. The van der Waals surface area contributed by atoms with Crippen LogP contribution in [0.25, 0.3) is 0 Å². The molecule has 1 rings (SSSR count). The van der Waals surface area contributed by atoms with Crippen LogP contribution in [-0.4, -0.2) is 4.98 Å². The van der Waals surface area contributed by atoms with E-state index >= 15 is 0 Å². The second-order valence-electron chi connectivity index (χ2n) is 5.60. The van der Waals surface area contributed by atoms with Crippen molar-refractivity contribution in [1.29, 1.82) is 0 Å². The second kappa shape index (κ2) is 3.58. The molecule has 84 valence electrons. The van der Waals surface area contributed by atoms with Crippen molar-refractivity contribution in [1.82, 2.24) is 4.98 Å². The van der Waals surface area contributed by atoms with Crippen LogP contribution in [-0.2, 0) is 11.1 Å². The molecule has 0 aliphatic rings. The predicted molar refractivity (Wildman–Crippen MR) is 61.8 cm³/mol. The summed E-state index contributed by atoms with van der Waals surface area (Å²) < 4.78 is 13.8. The van der Waals surface area contributed by atoms with Crippen LogP contribution in [0.2, 0.25) is 0 Å². The summed E-state index contributed by atoms with van der Waals surface area (Å²) in [4.78, 5) is 4.45. The molecule has 0 aliphatic carbocycles. The van der Waals surface area contributed by atoms with E-state index in [0.717, 1.165) is 11.4 Å². The van der Waals surface area contributed by atoms with Crippen molar-refractivity contribution in [2.45, 2.75) is 52.6 Å². The third kappa shape index (κ3) is 3.01. The molecule has 0 saturated carbocycles. The number of rotatable bonds is 1. The highest BCUT2D eigenvalue weighted by Crippen LogP contribution is 2.29. The summed E-state index contributed by atoms with van der Waals surface area (Å²) in [6.07, 6.45) is 0. The van der Waals surface area contributed by atoms with E-state index in [1.807, 2.05) is 19.1 Å². The lowest BCUT2D eigenvalue weighted by Gasteiger charge is -2.22. The smallest absolute Gasteiger partial charge is 0.130 e. The van der Waals surface area contributed by atoms with Gasteiger partial charge in [0, 0.05) is 16.8 Å². The molecule has 0 bridgehead atoms. The molecule has 0 amide bonds. The molecule has 0 aromatic carbocycles. The van der Waals surface area contributed by atoms with Crippen molar-refractivity contribution < 1.29 is 4.39 Å². The Labute approximate surface area is 91.7 Å². The largest absolute Gasteiger partial charge is 0.258 e. The van der Waals surface area contributed by atoms with E-state index in [2.05, 4.69) is 25.8 Å². The zero-order chi connectivity index (χ0) is 11.9. The van der Waals surface area contributed by atoms with Crippen LogP contribution in [0.15, 0.2) is 12.1 Å². The maximum Gasteiger partial charge on any atom is 0.130 e. The Balaban J connectivity index is 3.30. The highest BCUT2D eigenvalue weighted by molar-refractivity contribution is 5.28. The van der Waals surface area contributed by atoms with Crippen LogP contribution in [0.4, 0.5) is 4.39 Å². The van der Waals surface area contributed by atoms with Gasteiger partial charge in [-0.2, -0.15) is 0 Å². The normalized spacial score (nSPS) is 13.0. The van der Waals surface area contributed by atoms with Crippen molar-refractivity contribution in [3.63, 3.8) is 0 Å². The van der Waals surface area contributed by atoms with E-state index in [1.54, 1.807) is 13.8 Å². The number of alkyl halides is 1. The molecule has 0 radical (unpaired) electrons. The summed E-state index contributed by atoms with van der Waals surface area (Å²) in [5, 5.41) is 0. The van der Waals surface area contributed by atoms with Crippen LogP contribution < -0.4 is 0 Å². The van der Waals surface area contributed by atoms with Gasteiger partial charge in [-0.05, 0) is 38.5 Å². The molecule has 2 heteroatoms. The van der Waals surface area contributed by atoms with Gasteiger partial charge in [0.25, 0.3) is 0 Å². The lowest BCUT2D eigenvalue weighted by molar-refractivity contribution is 0.220. The van der Waals surface area contributed by atoms with Gasteiger partial charge in [0.2, 0.25) is 0 Å². The monoisotopic (exact) mass is 209 g/mol. The van der Waals surface area contributed by atoms with Gasteiger partial charge in [0.05, 0.1) is 0 Å². The number of hydrogen-bond acceptors (Lipinski definition) is 1. The summed E-state index contributed by atoms with van der Waals surface area (Å²) in [7, 11) is 0. The first-order valence-corrected chi connectivity index (χ1v) is 5.29. The zero-order valence-electron chi connectivity index (χ0n) is 10.5. The Bertz CT molecular complexity index is 324. The van der Waals surface area contributed by atoms with Crippen molar-refractivity contribution in [2.24, 2.45) is 0 Å². The van der Waals surface area contributed by atoms with Crippen molar-refractivity contribution in [3.8, 4) is 0 Å². The van der Waals surface area contributed by atoms with E-state index in [4.69, 9.17) is 0 Å². The maximum atomic E-state index is 13.8.